The third-order valence-corrected chi connectivity index (χ3v) is 3.31. The fourth-order valence-electron chi connectivity index (χ4n) is 2.38. The van der Waals surface area contributed by atoms with Gasteiger partial charge in [-0.15, -0.1) is 0 Å². The molecule has 13 heavy (non-hydrogen) atoms. The zero-order valence-corrected chi connectivity index (χ0v) is 7.81. The van der Waals surface area contributed by atoms with Crippen molar-refractivity contribution < 1.29 is 14.7 Å². The highest BCUT2D eigenvalue weighted by atomic mass is 16.5. The molecule has 2 rings (SSSR count). The van der Waals surface area contributed by atoms with E-state index in [0.29, 0.717) is 0 Å². The summed E-state index contributed by atoms with van der Waals surface area (Å²) in [7, 11) is 0. The Bertz CT molecular complexity index is 285. The van der Waals surface area contributed by atoms with Crippen LogP contribution in [0.1, 0.15) is 32.6 Å². The largest absolute Gasteiger partial charge is 0.623 e. The van der Waals surface area contributed by atoms with Gasteiger partial charge in [-0.1, -0.05) is 0 Å². The number of rotatable bonds is 0. The molecular weight excluding hydrogens is 168 g/mol. The van der Waals surface area contributed by atoms with E-state index in [1.54, 1.807) is 0 Å². The van der Waals surface area contributed by atoms with Crippen molar-refractivity contribution in [1.29, 1.82) is 0 Å². The highest BCUT2D eigenvalue weighted by Crippen LogP contribution is 2.33. The van der Waals surface area contributed by atoms with Gasteiger partial charge in [-0.3, -0.25) is 5.21 Å². The second kappa shape index (κ2) is 2.72. The smallest absolute Gasteiger partial charge is 0.280 e. The summed E-state index contributed by atoms with van der Waals surface area (Å²) in [5, 5.41) is 21.2. The van der Waals surface area contributed by atoms with Gasteiger partial charge in [0.15, 0.2) is 0 Å². The van der Waals surface area contributed by atoms with E-state index in [4.69, 9.17) is 0 Å². The van der Waals surface area contributed by atoms with Gasteiger partial charge >= 0.3 is 0 Å². The highest BCUT2D eigenvalue weighted by molar-refractivity contribution is 6.11. The van der Waals surface area contributed by atoms with Gasteiger partial charge in [0.05, 0.1) is 0 Å². The van der Waals surface area contributed by atoms with Gasteiger partial charge in [0.1, 0.15) is 0 Å². The van der Waals surface area contributed by atoms with Gasteiger partial charge in [0.2, 0.25) is 11.8 Å². The topological polar surface area (TPSA) is 49.3 Å². The molecule has 0 spiro atoms. The van der Waals surface area contributed by atoms with E-state index in [0.717, 1.165) is 30.4 Å². The van der Waals surface area contributed by atoms with Crippen molar-refractivity contribution in [2.75, 3.05) is 0 Å². The lowest BCUT2D eigenvalue weighted by molar-refractivity contribution is -0.828. The van der Waals surface area contributed by atoms with E-state index in [1.165, 1.54) is 17.2 Å². The molecule has 1 fully saturated rings. The second-order valence-electron chi connectivity index (χ2n) is 4.12. The van der Waals surface area contributed by atoms with Crippen LogP contribution >= 0.6 is 0 Å². The first kappa shape index (κ1) is 8.53. The zero-order chi connectivity index (χ0) is 9.47. The third kappa shape index (κ3) is 1.12. The minimum absolute atomic E-state index is 0.0382. The molecule has 0 aromatic heterocycles. The summed E-state index contributed by atoms with van der Waals surface area (Å²) >= 11 is 0. The first-order valence-electron chi connectivity index (χ1n) is 4.76. The predicted molar refractivity (Wildman–Crippen MR) is 48.5 cm³/mol. The summed E-state index contributed by atoms with van der Waals surface area (Å²) in [6, 6.07) is -0.0382. The summed E-state index contributed by atoms with van der Waals surface area (Å²) in [6.45, 7) is 1.93. The van der Waals surface area contributed by atoms with E-state index in [-0.39, 0.29) is 6.04 Å². The van der Waals surface area contributed by atoms with Gasteiger partial charge in [-0.05, 0) is 17.6 Å². The summed E-state index contributed by atoms with van der Waals surface area (Å²) in [5.74, 6) is 0. The van der Waals surface area contributed by atoms with E-state index >= 15 is 0 Å². The average molecular weight is 183 g/mol. The molecule has 0 bridgehead atoms. The number of hydroxylamine groups is 2. The van der Waals surface area contributed by atoms with E-state index in [9.17, 15) is 10.4 Å². The molecule has 1 saturated carbocycles. The fourth-order valence-corrected chi connectivity index (χ4v) is 2.38. The molecule has 72 valence electrons. The lowest BCUT2D eigenvalue weighted by atomic mass is 9.78. The van der Waals surface area contributed by atoms with Crippen molar-refractivity contribution in [3.05, 3.63) is 5.21 Å². The minimum atomic E-state index is -0.429. The van der Waals surface area contributed by atoms with Gasteiger partial charge in [-0.25, -0.2) is 0 Å². The normalized spacial score (nSPS) is 39.0. The van der Waals surface area contributed by atoms with Crippen molar-refractivity contribution in [3.8, 4) is 0 Å². The maximum Gasteiger partial charge on any atom is 0.280 e. The molecule has 4 nitrogen and oxygen atoms in total. The summed E-state index contributed by atoms with van der Waals surface area (Å²) in [5.41, 5.74) is -0.429. The maximum atomic E-state index is 11.6. The minimum Gasteiger partial charge on any atom is -0.623 e. The molecule has 4 heteroatoms. The highest BCUT2D eigenvalue weighted by Gasteiger charge is 2.53. The maximum absolute atomic E-state index is 11.6. The van der Waals surface area contributed by atoms with Crippen LogP contribution in [-0.2, 0) is 0 Å². The van der Waals surface area contributed by atoms with Crippen molar-refractivity contribution in [2.45, 2.75) is 44.2 Å². The Labute approximate surface area is 77.4 Å². The van der Waals surface area contributed by atoms with Crippen LogP contribution in [0.3, 0.4) is 0 Å². The summed E-state index contributed by atoms with van der Waals surface area (Å²) in [4.78, 5) is 0. The fraction of sp³-hybridized carbons (Fsp3) is 0.778. The van der Waals surface area contributed by atoms with Crippen LogP contribution in [-0.4, -0.2) is 38.7 Å². The first-order chi connectivity index (χ1) is 6.14. The Morgan fingerprint density at radius 3 is 2.92 bits per heavy atom. The van der Waals surface area contributed by atoms with Gasteiger partial charge in [0, 0.05) is 19.8 Å². The molecular formula is C9H15N2O2+. The van der Waals surface area contributed by atoms with Crippen molar-refractivity contribution in [1.82, 2.24) is 0 Å². The van der Waals surface area contributed by atoms with Crippen molar-refractivity contribution in [3.63, 3.8) is 0 Å². The Morgan fingerprint density at radius 1 is 1.46 bits per heavy atom. The lowest BCUT2D eigenvalue weighted by Gasteiger charge is -2.35. The standard InChI is InChI=1S/C9H15N2O2/c1-9-5-3-2-4-8(9)10(12)6-7-11(9)13/h6-8,12H,2-5H2,1H3/q+1/t8-,9+/m1/s1. The molecule has 1 aliphatic heterocycles. The van der Waals surface area contributed by atoms with Crippen molar-refractivity contribution in [2.24, 2.45) is 0 Å². The first-order valence-corrected chi connectivity index (χ1v) is 4.76. The summed E-state index contributed by atoms with van der Waals surface area (Å²) < 4.78 is 2.18. The van der Waals surface area contributed by atoms with E-state index in [2.05, 4.69) is 0 Å². The molecule has 1 aliphatic carbocycles. The Morgan fingerprint density at radius 2 is 2.23 bits per heavy atom. The van der Waals surface area contributed by atoms with Gasteiger partial charge in [0.25, 0.3) is 12.3 Å². The van der Waals surface area contributed by atoms with Crippen molar-refractivity contribution >= 4 is 12.4 Å². The molecule has 2 aliphatic rings. The monoisotopic (exact) mass is 183 g/mol. The lowest BCUT2D eigenvalue weighted by Crippen LogP contribution is -2.57. The van der Waals surface area contributed by atoms with E-state index < -0.39 is 5.54 Å². The molecule has 0 amide bonds. The number of nitrogens with zero attached hydrogens (tertiary/aromatic N) is 2. The van der Waals surface area contributed by atoms with Crippen LogP contribution in [0.2, 0.25) is 0 Å². The summed E-state index contributed by atoms with van der Waals surface area (Å²) in [6.07, 6.45) is 6.79. The quantitative estimate of drug-likeness (QED) is 0.342. The van der Waals surface area contributed by atoms with Crippen LogP contribution in [0.25, 0.3) is 0 Å². The molecule has 0 aromatic carbocycles. The van der Waals surface area contributed by atoms with Gasteiger partial charge in [-0.2, -0.15) is 4.74 Å². The molecule has 1 N–H and O–H groups in total. The number of hydrogen-bond acceptors (Lipinski definition) is 2. The molecule has 0 aromatic rings. The molecule has 2 atom stereocenters. The predicted octanol–water partition coefficient (Wildman–Crippen LogP) is 0.755. The zero-order valence-electron chi connectivity index (χ0n) is 7.81. The van der Waals surface area contributed by atoms with Crippen LogP contribution in [0.4, 0.5) is 0 Å². The van der Waals surface area contributed by atoms with Crippen LogP contribution in [0.5, 0.6) is 0 Å². The Balaban J connectivity index is 2.37. The second-order valence-corrected chi connectivity index (χ2v) is 4.12. The SMILES string of the molecule is C[C@]12CCCC[C@H]1[N+](O)=CC=[N+]2[O-]. The van der Waals surface area contributed by atoms with E-state index in [1.807, 2.05) is 6.92 Å². The Kier molecular flexibility index (Phi) is 1.78. The van der Waals surface area contributed by atoms with Crippen LogP contribution in [0, 0.1) is 5.21 Å². The average Bonchev–Trinajstić information content (AvgIpc) is 2.12. The molecule has 1 heterocycles. The molecule has 0 unspecified atom stereocenters. The molecule has 0 radical (unpaired) electrons. The Hall–Kier alpha value is -1.06. The third-order valence-electron chi connectivity index (χ3n) is 3.31. The van der Waals surface area contributed by atoms with Gasteiger partial charge < -0.3 is 5.21 Å². The number of fused-ring (bicyclic) bond motifs is 1. The molecule has 0 saturated heterocycles. The van der Waals surface area contributed by atoms with Crippen LogP contribution in [0.15, 0.2) is 0 Å². The number of hydrogen-bond donors (Lipinski definition) is 1. The van der Waals surface area contributed by atoms with Crippen LogP contribution < -0.4 is 0 Å².